The van der Waals surface area contributed by atoms with Crippen LogP contribution in [0.15, 0.2) is 66.9 Å². The zero-order valence-electron chi connectivity index (χ0n) is 15.9. The highest BCUT2D eigenvalue weighted by Gasteiger charge is 2.06. The molecular formula is C22H21ClN4O2. The maximum Gasteiger partial charge on any atom is 0.319 e. The topological polar surface area (TPSA) is 83.1 Å². The number of amides is 3. The molecule has 3 rings (SSSR count). The zero-order chi connectivity index (χ0) is 20.6. The molecule has 29 heavy (non-hydrogen) atoms. The van der Waals surface area contributed by atoms with Gasteiger partial charge in [0.25, 0.3) is 5.91 Å². The van der Waals surface area contributed by atoms with Gasteiger partial charge in [0.05, 0.1) is 0 Å². The molecule has 0 atom stereocenters. The summed E-state index contributed by atoms with van der Waals surface area (Å²) in [4.78, 5) is 28.3. The minimum Gasteiger partial charge on any atom is -0.348 e. The maximum atomic E-state index is 12.2. The van der Waals surface area contributed by atoms with Gasteiger partial charge in [0, 0.05) is 41.3 Å². The minimum absolute atomic E-state index is 0.153. The third-order valence-corrected chi connectivity index (χ3v) is 4.44. The molecule has 0 fully saturated rings. The Bertz CT molecular complexity index is 988. The Labute approximate surface area is 174 Å². The molecule has 0 saturated heterocycles. The predicted molar refractivity (Wildman–Crippen MR) is 114 cm³/mol. The first kappa shape index (κ1) is 20.4. The molecule has 7 heteroatoms. The van der Waals surface area contributed by atoms with Crippen LogP contribution in [0.4, 0.5) is 10.5 Å². The maximum absolute atomic E-state index is 12.2. The van der Waals surface area contributed by atoms with E-state index in [0.717, 1.165) is 16.8 Å². The third kappa shape index (κ3) is 6.33. The molecular weight excluding hydrogens is 388 g/mol. The number of rotatable bonds is 6. The number of aryl methyl sites for hydroxylation is 1. The molecule has 0 radical (unpaired) electrons. The van der Waals surface area contributed by atoms with Crippen molar-refractivity contribution in [2.45, 2.75) is 20.0 Å². The van der Waals surface area contributed by atoms with Gasteiger partial charge >= 0.3 is 6.03 Å². The van der Waals surface area contributed by atoms with Gasteiger partial charge in [-0.3, -0.25) is 9.78 Å². The molecule has 0 aliphatic carbocycles. The molecule has 3 aromatic rings. The molecule has 3 N–H and O–H groups in total. The summed E-state index contributed by atoms with van der Waals surface area (Å²) in [6.07, 6.45) is 1.61. The van der Waals surface area contributed by atoms with Gasteiger partial charge in [-0.15, -0.1) is 0 Å². The summed E-state index contributed by atoms with van der Waals surface area (Å²) in [5.41, 5.74) is 3.92. The van der Waals surface area contributed by atoms with Crippen LogP contribution in [0.2, 0.25) is 5.02 Å². The Morgan fingerprint density at radius 3 is 2.17 bits per heavy atom. The number of nitrogens with zero attached hydrogens (tertiary/aromatic N) is 1. The van der Waals surface area contributed by atoms with E-state index in [-0.39, 0.29) is 11.9 Å². The number of urea groups is 1. The lowest BCUT2D eigenvalue weighted by atomic mass is 10.2. The molecule has 6 nitrogen and oxygen atoms in total. The van der Waals surface area contributed by atoms with Gasteiger partial charge in [-0.25, -0.2) is 4.79 Å². The lowest BCUT2D eigenvalue weighted by Crippen LogP contribution is -2.28. The van der Waals surface area contributed by atoms with Gasteiger partial charge in [-0.2, -0.15) is 0 Å². The highest BCUT2D eigenvalue weighted by atomic mass is 35.5. The van der Waals surface area contributed by atoms with E-state index in [9.17, 15) is 9.59 Å². The van der Waals surface area contributed by atoms with E-state index in [0.29, 0.717) is 29.4 Å². The quantitative estimate of drug-likeness (QED) is 0.568. The first-order valence-corrected chi connectivity index (χ1v) is 9.46. The first-order valence-electron chi connectivity index (χ1n) is 9.09. The largest absolute Gasteiger partial charge is 0.348 e. The van der Waals surface area contributed by atoms with Crippen molar-refractivity contribution in [1.82, 2.24) is 15.6 Å². The van der Waals surface area contributed by atoms with Crippen LogP contribution in [0.1, 0.15) is 27.2 Å². The fourth-order valence-electron chi connectivity index (χ4n) is 2.64. The van der Waals surface area contributed by atoms with Crippen LogP contribution in [-0.2, 0) is 13.1 Å². The normalized spacial score (nSPS) is 10.3. The zero-order valence-corrected chi connectivity index (χ0v) is 16.7. The molecule has 1 aromatic heterocycles. The van der Waals surface area contributed by atoms with Gasteiger partial charge in [-0.05, 0) is 54.4 Å². The van der Waals surface area contributed by atoms with Crippen LogP contribution in [-0.4, -0.2) is 16.9 Å². The van der Waals surface area contributed by atoms with Gasteiger partial charge in [-0.1, -0.05) is 35.9 Å². The van der Waals surface area contributed by atoms with Crippen LogP contribution >= 0.6 is 11.6 Å². The number of hydrogen-bond donors (Lipinski definition) is 3. The summed E-state index contributed by atoms with van der Waals surface area (Å²) in [5, 5.41) is 9.09. The van der Waals surface area contributed by atoms with E-state index in [1.807, 2.05) is 31.2 Å². The van der Waals surface area contributed by atoms with Crippen molar-refractivity contribution in [3.8, 4) is 0 Å². The second-order valence-corrected chi connectivity index (χ2v) is 6.94. The summed E-state index contributed by atoms with van der Waals surface area (Å²) in [7, 11) is 0. The minimum atomic E-state index is -0.297. The summed E-state index contributed by atoms with van der Waals surface area (Å²) < 4.78 is 0. The SMILES string of the molecule is Cc1cc(C(=O)NCc2ccc(NC(=O)NCc3ccc(Cl)cc3)cc2)ccn1. The summed E-state index contributed by atoms with van der Waals surface area (Å²) in [6, 6.07) is 17.7. The molecule has 1 heterocycles. The second kappa shape index (κ2) is 9.71. The van der Waals surface area contributed by atoms with Crippen molar-refractivity contribution >= 4 is 29.2 Å². The van der Waals surface area contributed by atoms with Crippen molar-refractivity contribution in [3.63, 3.8) is 0 Å². The van der Waals surface area contributed by atoms with Crippen molar-refractivity contribution in [2.24, 2.45) is 0 Å². The van der Waals surface area contributed by atoms with Crippen LogP contribution < -0.4 is 16.0 Å². The molecule has 0 saturated carbocycles. The van der Waals surface area contributed by atoms with E-state index in [1.54, 1.807) is 42.6 Å². The lowest BCUT2D eigenvalue weighted by molar-refractivity contribution is 0.0950. The van der Waals surface area contributed by atoms with E-state index < -0.39 is 0 Å². The molecule has 0 unspecified atom stereocenters. The van der Waals surface area contributed by atoms with Crippen molar-refractivity contribution in [3.05, 3.63) is 94.3 Å². The standard InChI is InChI=1S/C22H21ClN4O2/c1-15-12-18(10-11-24-15)21(28)25-13-17-4-8-20(9-5-17)27-22(29)26-14-16-2-6-19(23)7-3-16/h2-12H,13-14H2,1H3,(H,25,28)(H2,26,27,29). The number of anilines is 1. The number of pyridine rings is 1. The predicted octanol–water partition coefficient (Wildman–Crippen LogP) is 4.30. The van der Waals surface area contributed by atoms with E-state index in [2.05, 4.69) is 20.9 Å². The van der Waals surface area contributed by atoms with Crippen LogP contribution in [0.5, 0.6) is 0 Å². The summed E-state index contributed by atoms with van der Waals surface area (Å²) in [5.74, 6) is -0.153. The number of carbonyl (C=O) groups excluding carboxylic acids is 2. The Balaban J connectivity index is 1.46. The van der Waals surface area contributed by atoms with E-state index >= 15 is 0 Å². The number of hydrogen-bond acceptors (Lipinski definition) is 3. The van der Waals surface area contributed by atoms with Crippen molar-refractivity contribution < 1.29 is 9.59 Å². The molecule has 0 aliphatic heterocycles. The highest BCUT2D eigenvalue weighted by molar-refractivity contribution is 6.30. The highest BCUT2D eigenvalue weighted by Crippen LogP contribution is 2.11. The molecule has 2 aromatic carbocycles. The van der Waals surface area contributed by atoms with Gasteiger partial charge in [0.15, 0.2) is 0 Å². The molecule has 0 spiro atoms. The molecule has 148 valence electrons. The monoisotopic (exact) mass is 408 g/mol. The van der Waals surface area contributed by atoms with Crippen LogP contribution in [0.25, 0.3) is 0 Å². The first-order chi connectivity index (χ1) is 14.0. The fraction of sp³-hybridized carbons (Fsp3) is 0.136. The number of carbonyl (C=O) groups is 2. The molecule has 3 amide bonds. The third-order valence-electron chi connectivity index (χ3n) is 4.19. The molecule has 0 bridgehead atoms. The van der Waals surface area contributed by atoms with Gasteiger partial charge in [0.2, 0.25) is 0 Å². The fourth-order valence-corrected chi connectivity index (χ4v) is 2.76. The number of benzene rings is 2. The number of aromatic nitrogens is 1. The lowest BCUT2D eigenvalue weighted by Gasteiger charge is -2.09. The summed E-state index contributed by atoms with van der Waals surface area (Å²) in [6.45, 7) is 2.64. The Morgan fingerprint density at radius 2 is 1.52 bits per heavy atom. The Hall–Kier alpha value is -3.38. The Morgan fingerprint density at radius 1 is 0.897 bits per heavy atom. The number of nitrogens with one attached hydrogen (secondary N) is 3. The van der Waals surface area contributed by atoms with Gasteiger partial charge < -0.3 is 16.0 Å². The van der Waals surface area contributed by atoms with E-state index in [4.69, 9.17) is 11.6 Å². The van der Waals surface area contributed by atoms with E-state index in [1.165, 1.54) is 0 Å². The van der Waals surface area contributed by atoms with Crippen LogP contribution in [0, 0.1) is 6.92 Å². The van der Waals surface area contributed by atoms with Crippen molar-refractivity contribution in [1.29, 1.82) is 0 Å². The Kier molecular flexibility index (Phi) is 6.81. The average molecular weight is 409 g/mol. The smallest absolute Gasteiger partial charge is 0.319 e. The average Bonchev–Trinajstić information content (AvgIpc) is 2.72. The summed E-state index contributed by atoms with van der Waals surface area (Å²) >= 11 is 5.85. The van der Waals surface area contributed by atoms with Crippen LogP contribution in [0.3, 0.4) is 0 Å². The van der Waals surface area contributed by atoms with Crippen molar-refractivity contribution in [2.75, 3.05) is 5.32 Å². The van der Waals surface area contributed by atoms with Gasteiger partial charge in [0.1, 0.15) is 0 Å². The number of halogens is 1. The second-order valence-electron chi connectivity index (χ2n) is 6.50. The molecule has 0 aliphatic rings.